The van der Waals surface area contributed by atoms with Gasteiger partial charge in [-0.05, 0) is 18.2 Å². The highest BCUT2D eigenvalue weighted by Gasteiger charge is 2.33. The molecule has 0 saturated heterocycles. The maximum absolute atomic E-state index is 12.5. The minimum Gasteiger partial charge on any atom is -0.254 e. The molecule has 2 aromatic heterocycles. The standard InChI is InChI=1S/C12H5ClF6N2/c13-8-3-7(11(14,15)16)5-21-10(8)6-1-2-9(20-4-6)12(17,18)19/h1-5H. The Morgan fingerprint density at radius 1 is 0.857 bits per heavy atom. The molecule has 0 bridgehead atoms. The second-order valence-corrected chi connectivity index (χ2v) is 4.39. The Bertz CT molecular complexity index is 648. The second-order valence-electron chi connectivity index (χ2n) is 3.98. The van der Waals surface area contributed by atoms with Crippen LogP contribution in [0, 0.1) is 0 Å². The molecule has 0 radical (unpaired) electrons. The van der Waals surface area contributed by atoms with Gasteiger partial charge in [0.25, 0.3) is 0 Å². The van der Waals surface area contributed by atoms with Crippen LogP contribution >= 0.6 is 11.6 Å². The summed E-state index contributed by atoms with van der Waals surface area (Å²) < 4.78 is 74.4. The van der Waals surface area contributed by atoms with E-state index in [1.54, 1.807) is 0 Å². The normalized spacial score (nSPS) is 12.5. The number of hydrogen-bond acceptors (Lipinski definition) is 2. The maximum Gasteiger partial charge on any atom is 0.433 e. The van der Waals surface area contributed by atoms with Crippen molar-refractivity contribution in [3.8, 4) is 11.3 Å². The van der Waals surface area contributed by atoms with E-state index in [1.807, 2.05) is 0 Å². The Kier molecular flexibility index (Phi) is 3.83. The van der Waals surface area contributed by atoms with Gasteiger partial charge in [0.1, 0.15) is 5.69 Å². The van der Waals surface area contributed by atoms with E-state index in [0.29, 0.717) is 18.3 Å². The summed E-state index contributed by atoms with van der Waals surface area (Å²) in [5.74, 6) is 0. The molecule has 2 rings (SSSR count). The van der Waals surface area contributed by atoms with Crippen molar-refractivity contribution >= 4 is 11.6 Å². The van der Waals surface area contributed by atoms with Crippen LogP contribution in [0.15, 0.2) is 30.6 Å². The minimum absolute atomic E-state index is 0.0779. The lowest BCUT2D eigenvalue weighted by Gasteiger charge is -2.10. The molecule has 2 heterocycles. The number of aromatic nitrogens is 2. The van der Waals surface area contributed by atoms with Crippen LogP contribution in [0.4, 0.5) is 26.3 Å². The molecule has 2 nitrogen and oxygen atoms in total. The zero-order chi connectivity index (χ0) is 15.8. The summed E-state index contributed by atoms with van der Waals surface area (Å²) in [7, 11) is 0. The van der Waals surface area contributed by atoms with Crippen LogP contribution in [0.1, 0.15) is 11.3 Å². The molecule has 0 fully saturated rings. The van der Waals surface area contributed by atoms with E-state index in [1.165, 1.54) is 0 Å². The molecular weight excluding hydrogens is 322 g/mol. The van der Waals surface area contributed by atoms with Gasteiger partial charge in [-0.2, -0.15) is 26.3 Å². The highest BCUT2D eigenvalue weighted by molar-refractivity contribution is 6.33. The SMILES string of the molecule is FC(F)(F)c1cnc(-c2ccc(C(F)(F)F)nc2)c(Cl)c1. The third-order valence-corrected chi connectivity index (χ3v) is 2.78. The summed E-state index contributed by atoms with van der Waals surface area (Å²) in [6, 6.07) is 2.39. The number of alkyl halides is 6. The van der Waals surface area contributed by atoms with E-state index < -0.39 is 23.6 Å². The monoisotopic (exact) mass is 326 g/mol. The molecule has 0 N–H and O–H groups in total. The van der Waals surface area contributed by atoms with Crippen molar-refractivity contribution in [3.63, 3.8) is 0 Å². The first-order valence-electron chi connectivity index (χ1n) is 5.35. The number of pyridine rings is 2. The number of hydrogen-bond donors (Lipinski definition) is 0. The van der Waals surface area contributed by atoms with Crippen LogP contribution < -0.4 is 0 Å². The van der Waals surface area contributed by atoms with E-state index in [0.717, 1.165) is 12.3 Å². The first-order valence-corrected chi connectivity index (χ1v) is 5.73. The number of rotatable bonds is 1. The van der Waals surface area contributed by atoms with Crippen molar-refractivity contribution in [2.75, 3.05) is 0 Å². The van der Waals surface area contributed by atoms with Crippen LogP contribution in [-0.4, -0.2) is 9.97 Å². The zero-order valence-corrected chi connectivity index (χ0v) is 10.7. The first kappa shape index (κ1) is 15.6. The molecule has 0 saturated carbocycles. The first-order chi connectivity index (χ1) is 9.59. The van der Waals surface area contributed by atoms with Gasteiger partial charge in [-0.1, -0.05) is 11.6 Å². The summed E-state index contributed by atoms with van der Waals surface area (Å²) in [6.07, 6.45) is -7.80. The Morgan fingerprint density at radius 2 is 1.52 bits per heavy atom. The van der Waals surface area contributed by atoms with Gasteiger partial charge in [-0.15, -0.1) is 0 Å². The van der Waals surface area contributed by atoms with Gasteiger partial charge in [0.15, 0.2) is 0 Å². The molecule has 0 atom stereocenters. The fraction of sp³-hybridized carbons (Fsp3) is 0.167. The van der Waals surface area contributed by atoms with Gasteiger partial charge < -0.3 is 0 Å². The molecule has 0 aliphatic carbocycles. The molecule has 112 valence electrons. The Labute approximate surface area is 119 Å². The lowest BCUT2D eigenvalue weighted by atomic mass is 10.1. The summed E-state index contributed by atoms with van der Waals surface area (Å²) >= 11 is 5.69. The minimum atomic E-state index is -4.60. The fourth-order valence-corrected chi connectivity index (χ4v) is 1.78. The topological polar surface area (TPSA) is 25.8 Å². The second kappa shape index (κ2) is 5.18. The summed E-state index contributed by atoms with van der Waals surface area (Å²) in [4.78, 5) is 6.73. The van der Waals surface area contributed by atoms with Crippen LogP contribution in [0.25, 0.3) is 11.3 Å². The zero-order valence-electron chi connectivity index (χ0n) is 9.93. The predicted octanol–water partition coefficient (Wildman–Crippen LogP) is 4.83. The van der Waals surface area contributed by atoms with E-state index in [-0.39, 0.29) is 16.3 Å². The quantitative estimate of drug-likeness (QED) is 0.701. The largest absolute Gasteiger partial charge is 0.433 e. The van der Waals surface area contributed by atoms with E-state index in [4.69, 9.17) is 11.6 Å². The highest BCUT2D eigenvalue weighted by atomic mass is 35.5. The molecule has 21 heavy (non-hydrogen) atoms. The van der Waals surface area contributed by atoms with Gasteiger partial charge in [0, 0.05) is 18.0 Å². The Balaban J connectivity index is 2.39. The van der Waals surface area contributed by atoms with E-state index >= 15 is 0 Å². The van der Waals surface area contributed by atoms with Crippen molar-refractivity contribution < 1.29 is 26.3 Å². The lowest BCUT2D eigenvalue weighted by molar-refractivity contribution is -0.141. The Morgan fingerprint density at radius 3 is 1.95 bits per heavy atom. The maximum atomic E-state index is 12.5. The predicted molar refractivity (Wildman–Crippen MR) is 62.5 cm³/mol. The van der Waals surface area contributed by atoms with Crippen molar-refractivity contribution in [1.82, 2.24) is 9.97 Å². The van der Waals surface area contributed by atoms with Gasteiger partial charge >= 0.3 is 12.4 Å². The van der Waals surface area contributed by atoms with Crippen LogP contribution in [0.2, 0.25) is 5.02 Å². The van der Waals surface area contributed by atoms with Gasteiger partial charge in [0.05, 0.1) is 16.3 Å². The molecule has 9 heteroatoms. The van der Waals surface area contributed by atoms with E-state index in [9.17, 15) is 26.3 Å². The van der Waals surface area contributed by atoms with Crippen molar-refractivity contribution in [3.05, 3.63) is 46.9 Å². The average Bonchev–Trinajstić information content (AvgIpc) is 2.36. The summed E-state index contributed by atoms with van der Waals surface area (Å²) in [5.41, 5.74) is -2.15. The summed E-state index contributed by atoms with van der Waals surface area (Å²) in [6.45, 7) is 0. The van der Waals surface area contributed by atoms with E-state index in [2.05, 4.69) is 9.97 Å². The van der Waals surface area contributed by atoms with Gasteiger partial charge in [0.2, 0.25) is 0 Å². The molecule has 0 unspecified atom stereocenters. The molecule has 0 aliphatic rings. The molecule has 0 aliphatic heterocycles. The van der Waals surface area contributed by atoms with Crippen molar-refractivity contribution in [2.24, 2.45) is 0 Å². The molecule has 0 amide bonds. The molecule has 2 aromatic rings. The van der Waals surface area contributed by atoms with Crippen molar-refractivity contribution in [2.45, 2.75) is 12.4 Å². The van der Waals surface area contributed by atoms with Gasteiger partial charge in [-0.25, -0.2) is 0 Å². The average molecular weight is 327 g/mol. The Hall–Kier alpha value is -1.83. The third kappa shape index (κ3) is 3.44. The van der Waals surface area contributed by atoms with Gasteiger partial charge in [-0.3, -0.25) is 9.97 Å². The molecule has 0 aromatic carbocycles. The smallest absolute Gasteiger partial charge is 0.254 e. The molecular formula is C12H5ClF6N2. The number of halogens is 7. The molecule has 0 spiro atoms. The van der Waals surface area contributed by atoms with Crippen LogP contribution in [-0.2, 0) is 12.4 Å². The summed E-state index contributed by atoms with van der Waals surface area (Å²) in [5, 5.41) is -0.327. The fourth-order valence-electron chi connectivity index (χ4n) is 1.51. The van der Waals surface area contributed by atoms with Crippen molar-refractivity contribution in [1.29, 1.82) is 0 Å². The van der Waals surface area contributed by atoms with Crippen LogP contribution in [0.3, 0.4) is 0 Å². The highest BCUT2D eigenvalue weighted by Crippen LogP contribution is 2.34. The third-order valence-electron chi connectivity index (χ3n) is 2.50. The lowest BCUT2D eigenvalue weighted by Crippen LogP contribution is -2.08. The van der Waals surface area contributed by atoms with Crippen LogP contribution in [0.5, 0.6) is 0 Å². The number of nitrogens with zero attached hydrogens (tertiary/aromatic N) is 2.